The minimum absolute atomic E-state index is 0.385. The van der Waals surface area contributed by atoms with Gasteiger partial charge >= 0.3 is 0 Å². The normalized spacial score (nSPS) is 10.2. The number of unbranched alkanes of at least 4 members (excludes halogenated alkanes) is 1. The minimum atomic E-state index is 0.385. The van der Waals surface area contributed by atoms with Crippen LogP contribution in [-0.4, -0.2) is 9.36 Å². The summed E-state index contributed by atoms with van der Waals surface area (Å²) in [6, 6.07) is 0. The molecule has 0 amide bonds. The summed E-state index contributed by atoms with van der Waals surface area (Å²) >= 11 is 6.92. The second-order valence-corrected chi connectivity index (χ2v) is 3.24. The van der Waals surface area contributed by atoms with Crippen molar-refractivity contribution in [3.05, 3.63) is 10.3 Å². The molecule has 0 radical (unpaired) electrons. The maximum Gasteiger partial charge on any atom is 0.234 e. The first-order valence-corrected chi connectivity index (χ1v) is 4.46. The molecule has 10 heavy (non-hydrogen) atoms. The van der Waals surface area contributed by atoms with Gasteiger partial charge in [0.15, 0.2) is 0 Å². The van der Waals surface area contributed by atoms with Crippen molar-refractivity contribution < 1.29 is 0 Å². The van der Waals surface area contributed by atoms with Crippen molar-refractivity contribution in [2.75, 3.05) is 0 Å². The number of hydrogen-bond donors (Lipinski definition) is 0. The minimum Gasteiger partial charge on any atom is -0.210 e. The molecule has 0 unspecified atom stereocenters. The van der Waals surface area contributed by atoms with E-state index < -0.39 is 0 Å². The van der Waals surface area contributed by atoms with Crippen LogP contribution in [-0.2, 0) is 6.42 Å². The number of nitrogens with zero attached hydrogens (tertiary/aromatic N) is 2. The predicted octanol–water partition coefficient (Wildman–Crippen LogP) is 2.53. The summed E-state index contributed by atoms with van der Waals surface area (Å²) in [5.74, 6) is 0. The van der Waals surface area contributed by atoms with E-state index in [1.807, 2.05) is 0 Å². The lowest BCUT2D eigenvalue weighted by Gasteiger charge is -1.88. The molecule has 4 heteroatoms. The molecule has 1 heterocycles. The van der Waals surface area contributed by atoms with Crippen LogP contribution in [0.1, 0.15) is 24.8 Å². The zero-order valence-corrected chi connectivity index (χ0v) is 7.37. The van der Waals surface area contributed by atoms with Crippen molar-refractivity contribution in [1.29, 1.82) is 0 Å². The smallest absolute Gasteiger partial charge is 0.210 e. The van der Waals surface area contributed by atoms with Gasteiger partial charge in [0.2, 0.25) is 5.28 Å². The Morgan fingerprint density at radius 3 is 2.90 bits per heavy atom. The highest BCUT2D eigenvalue weighted by Crippen LogP contribution is 2.11. The molecule has 56 valence electrons. The third-order valence-corrected chi connectivity index (χ3v) is 2.23. The molecule has 1 aromatic rings. The van der Waals surface area contributed by atoms with Crippen LogP contribution in [0.2, 0.25) is 5.28 Å². The van der Waals surface area contributed by atoms with E-state index >= 15 is 0 Å². The quantitative estimate of drug-likeness (QED) is 0.708. The van der Waals surface area contributed by atoms with E-state index in [2.05, 4.69) is 16.3 Å². The molecule has 1 aromatic heterocycles. The van der Waals surface area contributed by atoms with Crippen molar-refractivity contribution in [3.63, 3.8) is 0 Å². The highest BCUT2D eigenvalue weighted by atomic mass is 35.5. The molecule has 0 saturated heterocycles. The van der Waals surface area contributed by atoms with Gasteiger partial charge in [-0.25, -0.2) is 4.98 Å². The Bertz CT molecular complexity index is 199. The molecular weight excluding hydrogens is 168 g/mol. The Labute approximate surface area is 69.4 Å². The van der Waals surface area contributed by atoms with E-state index in [4.69, 9.17) is 11.6 Å². The van der Waals surface area contributed by atoms with Crippen LogP contribution in [0.15, 0.2) is 0 Å². The Balaban J connectivity index is 2.42. The maximum absolute atomic E-state index is 5.53. The summed E-state index contributed by atoms with van der Waals surface area (Å²) in [4.78, 5) is 4.02. The van der Waals surface area contributed by atoms with Gasteiger partial charge in [0.05, 0.1) is 0 Å². The van der Waals surface area contributed by atoms with Crippen molar-refractivity contribution in [3.8, 4) is 0 Å². The standard InChI is InChI=1S/C6H9ClN2S/c1-2-3-4-5-8-6(7)9-10-5/h2-4H2,1H3. The topological polar surface area (TPSA) is 25.8 Å². The number of aryl methyl sites for hydroxylation is 1. The molecular formula is C6H9ClN2S. The first-order chi connectivity index (χ1) is 4.83. The SMILES string of the molecule is CCCCc1nc(Cl)ns1. The lowest BCUT2D eigenvalue weighted by molar-refractivity contribution is 0.790. The number of halogens is 1. The second-order valence-electron chi connectivity index (χ2n) is 2.06. The van der Waals surface area contributed by atoms with Gasteiger partial charge in [0.1, 0.15) is 5.01 Å². The molecule has 1 rings (SSSR count). The van der Waals surface area contributed by atoms with Crippen molar-refractivity contribution in [2.24, 2.45) is 0 Å². The number of hydrogen-bond acceptors (Lipinski definition) is 3. The van der Waals surface area contributed by atoms with Crippen LogP contribution in [0, 0.1) is 0 Å². The molecule has 0 aliphatic heterocycles. The molecule has 0 aliphatic rings. The molecule has 0 aliphatic carbocycles. The first kappa shape index (κ1) is 7.95. The monoisotopic (exact) mass is 176 g/mol. The molecule has 0 atom stereocenters. The Morgan fingerprint density at radius 2 is 2.40 bits per heavy atom. The second kappa shape index (κ2) is 3.88. The lowest BCUT2D eigenvalue weighted by Crippen LogP contribution is -1.80. The van der Waals surface area contributed by atoms with Crippen LogP contribution in [0.3, 0.4) is 0 Å². The number of rotatable bonds is 3. The summed E-state index contributed by atoms with van der Waals surface area (Å²) < 4.78 is 3.87. The molecule has 0 fully saturated rings. The van der Waals surface area contributed by atoms with E-state index in [-0.39, 0.29) is 0 Å². The average Bonchev–Trinajstić information content (AvgIpc) is 2.31. The van der Waals surface area contributed by atoms with Gasteiger partial charge in [-0.2, -0.15) is 4.37 Å². The van der Waals surface area contributed by atoms with Gasteiger partial charge in [-0.15, -0.1) is 0 Å². The van der Waals surface area contributed by atoms with E-state index in [0.717, 1.165) is 11.4 Å². The maximum atomic E-state index is 5.53. The van der Waals surface area contributed by atoms with Gasteiger partial charge in [-0.1, -0.05) is 13.3 Å². The van der Waals surface area contributed by atoms with Gasteiger partial charge in [0, 0.05) is 6.42 Å². The van der Waals surface area contributed by atoms with Gasteiger partial charge in [-0.3, -0.25) is 0 Å². The van der Waals surface area contributed by atoms with E-state index in [1.165, 1.54) is 24.4 Å². The fourth-order valence-corrected chi connectivity index (χ4v) is 1.50. The Kier molecular flexibility index (Phi) is 3.09. The third kappa shape index (κ3) is 2.23. The van der Waals surface area contributed by atoms with Crippen LogP contribution in [0.4, 0.5) is 0 Å². The molecule has 0 N–H and O–H groups in total. The van der Waals surface area contributed by atoms with Gasteiger partial charge in [-0.05, 0) is 29.6 Å². The largest absolute Gasteiger partial charge is 0.234 e. The van der Waals surface area contributed by atoms with Crippen LogP contribution < -0.4 is 0 Å². The fraction of sp³-hybridized carbons (Fsp3) is 0.667. The van der Waals surface area contributed by atoms with Crippen molar-refractivity contribution >= 4 is 23.1 Å². The predicted molar refractivity (Wildman–Crippen MR) is 43.5 cm³/mol. The summed E-state index contributed by atoms with van der Waals surface area (Å²) in [6.45, 7) is 2.16. The highest BCUT2D eigenvalue weighted by molar-refractivity contribution is 7.05. The summed E-state index contributed by atoms with van der Waals surface area (Å²) in [7, 11) is 0. The number of aromatic nitrogens is 2. The Morgan fingerprint density at radius 1 is 1.60 bits per heavy atom. The fourth-order valence-electron chi connectivity index (χ4n) is 0.664. The first-order valence-electron chi connectivity index (χ1n) is 3.31. The summed E-state index contributed by atoms with van der Waals surface area (Å²) in [5, 5.41) is 1.43. The Hall–Kier alpha value is -0.150. The van der Waals surface area contributed by atoms with Gasteiger partial charge in [0.25, 0.3) is 0 Å². The lowest BCUT2D eigenvalue weighted by atomic mass is 10.3. The highest BCUT2D eigenvalue weighted by Gasteiger charge is 1.98. The summed E-state index contributed by atoms with van der Waals surface area (Å²) in [5.41, 5.74) is 0. The van der Waals surface area contributed by atoms with Crippen LogP contribution >= 0.6 is 23.1 Å². The van der Waals surface area contributed by atoms with Crippen LogP contribution in [0.5, 0.6) is 0 Å². The van der Waals surface area contributed by atoms with Crippen LogP contribution in [0.25, 0.3) is 0 Å². The average molecular weight is 177 g/mol. The van der Waals surface area contributed by atoms with Gasteiger partial charge < -0.3 is 0 Å². The van der Waals surface area contributed by atoms with E-state index in [1.54, 1.807) is 0 Å². The van der Waals surface area contributed by atoms with E-state index in [9.17, 15) is 0 Å². The third-order valence-electron chi connectivity index (χ3n) is 1.19. The van der Waals surface area contributed by atoms with Crippen molar-refractivity contribution in [2.45, 2.75) is 26.2 Å². The molecule has 0 aromatic carbocycles. The van der Waals surface area contributed by atoms with E-state index in [0.29, 0.717) is 5.28 Å². The zero-order valence-electron chi connectivity index (χ0n) is 5.80. The molecule has 2 nitrogen and oxygen atoms in total. The molecule has 0 spiro atoms. The molecule has 0 saturated carbocycles. The molecule has 0 bridgehead atoms. The zero-order chi connectivity index (χ0) is 7.40. The van der Waals surface area contributed by atoms with Crippen molar-refractivity contribution in [1.82, 2.24) is 9.36 Å². The summed E-state index contributed by atoms with van der Waals surface area (Å²) in [6.07, 6.45) is 3.38.